The van der Waals surface area contributed by atoms with Crippen molar-refractivity contribution in [2.75, 3.05) is 25.6 Å². The summed E-state index contributed by atoms with van der Waals surface area (Å²) in [6, 6.07) is 10.3. The van der Waals surface area contributed by atoms with Gasteiger partial charge in [-0.15, -0.1) is 4.84 Å². The molecule has 1 unspecified atom stereocenters. The second-order valence-corrected chi connectivity index (χ2v) is 13.6. The first kappa shape index (κ1) is 33.9. The Morgan fingerprint density at radius 3 is 2.38 bits per heavy atom. The van der Waals surface area contributed by atoms with Gasteiger partial charge in [0.2, 0.25) is 5.91 Å². The zero-order chi connectivity index (χ0) is 33.2. The van der Waals surface area contributed by atoms with Gasteiger partial charge in [0, 0.05) is 18.9 Å². The molecule has 1 N–H and O–H groups in total. The number of quaternary nitrogens is 1. The van der Waals surface area contributed by atoms with Crippen molar-refractivity contribution in [1.29, 1.82) is 0 Å². The molecule has 0 aromatic heterocycles. The highest BCUT2D eigenvalue weighted by Gasteiger charge is 2.46. The summed E-state index contributed by atoms with van der Waals surface area (Å²) in [7, 11) is 1.55. The van der Waals surface area contributed by atoms with Gasteiger partial charge in [-0.05, 0) is 90.6 Å². The van der Waals surface area contributed by atoms with Gasteiger partial charge in [0.25, 0.3) is 5.91 Å². The lowest BCUT2D eigenvalue weighted by Crippen LogP contribution is -2.54. The van der Waals surface area contributed by atoms with Crippen LogP contribution in [0.4, 0.5) is 5.69 Å². The number of benzene rings is 2. The minimum absolute atomic E-state index is 0.0228. The Hall–Kier alpha value is -3.96. The molecule has 0 bridgehead atoms. The number of carbonyl (C=O) groups is 4. The van der Waals surface area contributed by atoms with E-state index in [1.807, 2.05) is 31.2 Å². The van der Waals surface area contributed by atoms with E-state index in [4.69, 9.17) is 19.1 Å². The molecule has 1 aliphatic carbocycles. The summed E-state index contributed by atoms with van der Waals surface area (Å²) in [4.78, 5) is 65.1. The normalized spacial score (nSPS) is 16.8. The van der Waals surface area contributed by atoms with E-state index in [2.05, 4.69) is 5.32 Å². The SMILES string of the molecule is CCOc1cc([C@@H](CC[N+](C=O)(OC(=O)C(C)(C)C)OC(C)(C)C)N2Cc3cccc(NC(=O)C4CC4)c3C2=O)ccc1OC. The monoisotopic (exact) mass is 624 g/mol. The van der Waals surface area contributed by atoms with Crippen molar-refractivity contribution in [3.63, 3.8) is 0 Å². The molecule has 1 heterocycles. The summed E-state index contributed by atoms with van der Waals surface area (Å²) in [6.45, 7) is 12.8. The number of nitrogens with one attached hydrogen (secondary N) is 1. The van der Waals surface area contributed by atoms with Crippen LogP contribution in [0.5, 0.6) is 11.5 Å². The lowest BCUT2D eigenvalue weighted by Gasteiger charge is -2.35. The fraction of sp³-hybridized carbons (Fsp3) is 0.529. The molecule has 45 heavy (non-hydrogen) atoms. The van der Waals surface area contributed by atoms with Crippen molar-refractivity contribution in [2.24, 2.45) is 11.3 Å². The smallest absolute Gasteiger partial charge is 0.377 e. The zero-order valence-corrected chi connectivity index (χ0v) is 27.6. The Morgan fingerprint density at radius 1 is 1.09 bits per heavy atom. The van der Waals surface area contributed by atoms with Crippen molar-refractivity contribution in [3.8, 4) is 11.5 Å². The molecule has 0 radical (unpaired) electrons. The third-order valence-corrected chi connectivity index (χ3v) is 7.57. The first-order valence-electron chi connectivity index (χ1n) is 15.4. The molecular weight excluding hydrogens is 578 g/mol. The van der Waals surface area contributed by atoms with Crippen LogP contribution in [0, 0.1) is 11.3 Å². The fourth-order valence-electron chi connectivity index (χ4n) is 5.24. The first-order chi connectivity index (χ1) is 21.1. The van der Waals surface area contributed by atoms with Gasteiger partial charge in [-0.3, -0.25) is 9.59 Å². The number of hydroxylamine groups is 4. The molecule has 2 aliphatic rings. The molecular formula is C34H46N3O8+. The topological polar surface area (TPSA) is 120 Å². The van der Waals surface area contributed by atoms with E-state index < -0.39 is 27.8 Å². The highest BCUT2D eigenvalue weighted by molar-refractivity contribution is 6.07. The third kappa shape index (κ3) is 8.01. The molecule has 1 saturated carbocycles. The number of methoxy groups -OCH3 is 1. The number of hydrogen-bond acceptors (Lipinski definition) is 8. The van der Waals surface area contributed by atoms with Crippen molar-refractivity contribution in [1.82, 2.24) is 4.90 Å². The van der Waals surface area contributed by atoms with E-state index in [-0.39, 0.29) is 37.2 Å². The van der Waals surface area contributed by atoms with Crippen LogP contribution in [-0.4, -0.2) is 59.8 Å². The standard InChI is InChI=1S/C34H45N3O8/c1-9-43-28-19-23(15-16-27(28)42-8)26(17-18-37(21-38,45-34(5,6)7)44-32(41)33(2,3)4)36-20-24-11-10-12-25(29(24)31(36)40)35-30(39)22-13-14-22/h10-12,15-16,19,21-22,26H,9,13-14,17-18,20H2,1-8H3/p+1/t26-,37?/m1/s1. The van der Waals surface area contributed by atoms with Gasteiger partial charge in [-0.2, -0.15) is 0 Å². The molecule has 0 spiro atoms. The maximum absolute atomic E-state index is 14.2. The molecule has 11 heteroatoms. The highest BCUT2D eigenvalue weighted by atomic mass is 17.0. The number of ether oxygens (including phenoxy) is 2. The maximum atomic E-state index is 14.2. The summed E-state index contributed by atoms with van der Waals surface area (Å²) >= 11 is 0. The van der Waals surface area contributed by atoms with Crippen molar-refractivity contribution in [2.45, 2.75) is 85.9 Å². The van der Waals surface area contributed by atoms with Crippen LogP contribution >= 0.6 is 0 Å². The molecule has 0 saturated heterocycles. The minimum Gasteiger partial charge on any atom is -0.493 e. The second-order valence-electron chi connectivity index (χ2n) is 13.6. The lowest BCUT2D eigenvalue weighted by molar-refractivity contribution is -1.18. The summed E-state index contributed by atoms with van der Waals surface area (Å²) in [5.74, 6) is 0.0577. The van der Waals surface area contributed by atoms with Crippen LogP contribution in [0.2, 0.25) is 0 Å². The fourth-order valence-corrected chi connectivity index (χ4v) is 5.24. The second kappa shape index (κ2) is 13.2. The predicted octanol–water partition coefficient (Wildman–Crippen LogP) is 5.74. The van der Waals surface area contributed by atoms with Crippen LogP contribution in [0.1, 0.15) is 95.3 Å². The Bertz CT molecular complexity index is 1440. The van der Waals surface area contributed by atoms with Gasteiger partial charge in [0.1, 0.15) is 5.60 Å². The molecule has 244 valence electrons. The molecule has 2 atom stereocenters. The Kier molecular flexibility index (Phi) is 9.94. The van der Waals surface area contributed by atoms with Crippen LogP contribution in [0.3, 0.4) is 0 Å². The zero-order valence-electron chi connectivity index (χ0n) is 27.6. The van der Waals surface area contributed by atoms with Crippen LogP contribution in [0.25, 0.3) is 0 Å². The quantitative estimate of drug-likeness (QED) is 0.170. The Labute approximate surface area is 265 Å². The van der Waals surface area contributed by atoms with E-state index in [1.54, 1.807) is 65.7 Å². The molecule has 2 aromatic rings. The summed E-state index contributed by atoms with van der Waals surface area (Å²) in [5.41, 5.74) is 0.670. The van der Waals surface area contributed by atoms with E-state index in [9.17, 15) is 19.2 Å². The summed E-state index contributed by atoms with van der Waals surface area (Å²) in [6.07, 6.45) is 2.33. The number of nitrogens with zero attached hydrogens (tertiary/aromatic N) is 2. The van der Waals surface area contributed by atoms with Crippen molar-refractivity contribution < 1.29 is 43.1 Å². The highest BCUT2D eigenvalue weighted by Crippen LogP contribution is 2.41. The van der Waals surface area contributed by atoms with Crippen LogP contribution in [-0.2, 0) is 30.6 Å². The van der Waals surface area contributed by atoms with Gasteiger partial charge in [-0.25, -0.2) is 14.4 Å². The van der Waals surface area contributed by atoms with Gasteiger partial charge in [0.15, 0.2) is 18.0 Å². The van der Waals surface area contributed by atoms with Gasteiger partial charge in [-0.1, -0.05) is 18.2 Å². The largest absolute Gasteiger partial charge is 0.493 e. The Balaban J connectivity index is 1.74. The first-order valence-corrected chi connectivity index (χ1v) is 15.4. The molecule has 1 aliphatic heterocycles. The average Bonchev–Trinajstić information content (AvgIpc) is 3.76. The molecule has 11 nitrogen and oxygen atoms in total. The number of hydrogen-bond donors (Lipinski definition) is 1. The van der Waals surface area contributed by atoms with Gasteiger partial charge in [0.05, 0.1) is 41.2 Å². The summed E-state index contributed by atoms with van der Waals surface area (Å²) < 4.78 is 11.4. The van der Waals surface area contributed by atoms with Crippen molar-refractivity contribution >= 4 is 29.9 Å². The van der Waals surface area contributed by atoms with Crippen LogP contribution < -0.4 is 14.8 Å². The van der Waals surface area contributed by atoms with Crippen molar-refractivity contribution in [3.05, 3.63) is 53.1 Å². The van der Waals surface area contributed by atoms with E-state index in [0.29, 0.717) is 35.8 Å². The van der Waals surface area contributed by atoms with E-state index >= 15 is 0 Å². The lowest BCUT2D eigenvalue weighted by atomic mass is 9.98. The number of carbonyl (C=O) groups excluding carboxylic acids is 4. The molecule has 4 rings (SSSR count). The van der Waals surface area contributed by atoms with E-state index in [1.165, 1.54) is 0 Å². The number of anilines is 1. The number of amides is 3. The molecule has 2 aromatic carbocycles. The van der Waals surface area contributed by atoms with Gasteiger partial charge >= 0.3 is 12.4 Å². The number of rotatable bonds is 13. The molecule has 3 amide bonds. The third-order valence-electron chi connectivity index (χ3n) is 7.57. The summed E-state index contributed by atoms with van der Waals surface area (Å²) in [5, 5.41) is 2.95. The van der Waals surface area contributed by atoms with Crippen LogP contribution in [0.15, 0.2) is 36.4 Å². The van der Waals surface area contributed by atoms with E-state index in [0.717, 1.165) is 24.0 Å². The Morgan fingerprint density at radius 2 is 1.80 bits per heavy atom. The van der Waals surface area contributed by atoms with Gasteiger partial charge < -0.3 is 19.7 Å². The predicted molar refractivity (Wildman–Crippen MR) is 167 cm³/mol. The molecule has 1 fully saturated rings. The maximum Gasteiger partial charge on any atom is 0.377 e. The minimum atomic E-state index is -1.04. The number of fused-ring (bicyclic) bond motifs is 1. The average molecular weight is 625 g/mol.